The highest BCUT2D eigenvalue weighted by molar-refractivity contribution is 5.59. The summed E-state index contributed by atoms with van der Waals surface area (Å²) < 4.78 is 6.25. The van der Waals surface area contributed by atoms with Crippen LogP contribution in [0.25, 0.3) is 0 Å². The fourth-order valence-corrected chi connectivity index (χ4v) is 3.49. The van der Waals surface area contributed by atoms with E-state index < -0.39 is 0 Å². The van der Waals surface area contributed by atoms with E-state index >= 15 is 0 Å². The van der Waals surface area contributed by atoms with Gasteiger partial charge in [0.2, 0.25) is 0 Å². The Hall–Kier alpha value is -1.22. The lowest BCUT2D eigenvalue weighted by Crippen LogP contribution is -2.33. The monoisotopic (exact) mass is 288 g/mol. The van der Waals surface area contributed by atoms with Gasteiger partial charge in [0.1, 0.15) is 5.75 Å². The van der Waals surface area contributed by atoms with Crippen molar-refractivity contribution in [2.24, 2.45) is 5.41 Å². The highest BCUT2D eigenvalue weighted by Crippen LogP contribution is 2.35. The Morgan fingerprint density at radius 1 is 1.38 bits per heavy atom. The number of nitrogens with one attached hydrogen (secondary N) is 1. The zero-order valence-electron chi connectivity index (χ0n) is 13.6. The summed E-state index contributed by atoms with van der Waals surface area (Å²) in [7, 11) is 0. The van der Waals surface area contributed by atoms with Gasteiger partial charge in [-0.2, -0.15) is 0 Å². The highest BCUT2D eigenvalue weighted by Gasteiger charge is 2.35. The van der Waals surface area contributed by atoms with E-state index in [9.17, 15) is 0 Å². The SMILES string of the molecule is CC(C)N1CCC(C)(COc2cccc3c2CCCN3)C1. The minimum Gasteiger partial charge on any atom is -0.493 e. The third-order valence-electron chi connectivity index (χ3n) is 4.95. The first-order valence-corrected chi connectivity index (χ1v) is 8.30. The van der Waals surface area contributed by atoms with Gasteiger partial charge >= 0.3 is 0 Å². The van der Waals surface area contributed by atoms with Crippen molar-refractivity contribution in [3.8, 4) is 5.75 Å². The molecule has 1 saturated heterocycles. The number of rotatable bonds is 4. The second-order valence-electron chi connectivity index (χ2n) is 7.23. The van der Waals surface area contributed by atoms with Gasteiger partial charge in [-0.05, 0) is 51.8 Å². The maximum Gasteiger partial charge on any atom is 0.124 e. The van der Waals surface area contributed by atoms with Gasteiger partial charge in [0.05, 0.1) is 6.61 Å². The lowest BCUT2D eigenvalue weighted by molar-refractivity contribution is 0.153. The number of hydrogen-bond donors (Lipinski definition) is 1. The molecule has 0 aliphatic carbocycles. The Labute approximate surface area is 128 Å². The molecule has 3 nitrogen and oxygen atoms in total. The van der Waals surface area contributed by atoms with Crippen LogP contribution in [0.5, 0.6) is 5.75 Å². The van der Waals surface area contributed by atoms with Crippen molar-refractivity contribution in [3.05, 3.63) is 23.8 Å². The summed E-state index contributed by atoms with van der Waals surface area (Å²) in [5.74, 6) is 1.09. The maximum atomic E-state index is 6.25. The van der Waals surface area contributed by atoms with E-state index in [-0.39, 0.29) is 5.41 Å². The van der Waals surface area contributed by atoms with E-state index in [1.54, 1.807) is 0 Å². The fraction of sp³-hybridized carbons (Fsp3) is 0.667. The first-order valence-electron chi connectivity index (χ1n) is 8.30. The molecule has 2 heterocycles. The molecule has 1 unspecified atom stereocenters. The van der Waals surface area contributed by atoms with E-state index in [0.717, 1.165) is 31.9 Å². The van der Waals surface area contributed by atoms with Crippen LogP contribution >= 0.6 is 0 Å². The molecule has 21 heavy (non-hydrogen) atoms. The molecule has 3 heteroatoms. The number of anilines is 1. The molecule has 116 valence electrons. The fourth-order valence-electron chi connectivity index (χ4n) is 3.49. The number of hydrogen-bond acceptors (Lipinski definition) is 3. The van der Waals surface area contributed by atoms with Crippen molar-refractivity contribution in [3.63, 3.8) is 0 Å². The highest BCUT2D eigenvalue weighted by atomic mass is 16.5. The average Bonchev–Trinajstić information content (AvgIpc) is 2.88. The van der Waals surface area contributed by atoms with Crippen LogP contribution in [0.1, 0.15) is 39.2 Å². The molecule has 0 aromatic heterocycles. The molecule has 0 bridgehead atoms. The summed E-state index contributed by atoms with van der Waals surface area (Å²) in [5.41, 5.74) is 2.92. The smallest absolute Gasteiger partial charge is 0.124 e. The Morgan fingerprint density at radius 3 is 3.00 bits per heavy atom. The summed E-state index contributed by atoms with van der Waals surface area (Å²) in [6.45, 7) is 11.2. The molecule has 3 rings (SSSR count). The van der Waals surface area contributed by atoms with E-state index in [4.69, 9.17) is 4.74 Å². The Kier molecular flexibility index (Phi) is 4.12. The third-order valence-corrected chi connectivity index (χ3v) is 4.95. The third kappa shape index (κ3) is 3.18. The van der Waals surface area contributed by atoms with Crippen LogP contribution in [0, 0.1) is 5.41 Å². The number of fused-ring (bicyclic) bond motifs is 1. The normalized spacial score (nSPS) is 25.7. The van der Waals surface area contributed by atoms with Crippen molar-refractivity contribution >= 4 is 5.69 Å². The van der Waals surface area contributed by atoms with E-state index in [0.29, 0.717) is 6.04 Å². The van der Waals surface area contributed by atoms with E-state index in [1.807, 2.05) is 0 Å². The summed E-state index contributed by atoms with van der Waals surface area (Å²) >= 11 is 0. The molecule has 0 amide bonds. The second kappa shape index (κ2) is 5.88. The molecule has 2 aliphatic rings. The number of likely N-dealkylation sites (tertiary alicyclic amines) is 1. The topological polar surface area (TPSA) is 24.5 Å². The number of nitrogens with zero attached hydrogens (tertiary/aromatic N) is 1. The van der Waals surface area contributed by atoms with Gasteiger partial charge in [0.25, 0.3) is 0 Å². The zero-order chi connectivity index (χ0) is 14.9. The van der Waals surface area contributed by atoms with Crippen LogP contribution in [0.2, 0.25) is 0 Å². The van der Waals surface area contributed by atoms with Crippen molar-refractivity contribution < 1.29 is 4.74 Å². The molecule has 0 spiro atoms. The molecule has 1 fully saturated rings. The van der Waals surface area contributed by atoms with Crippen molar-refractivity contribution in [2.45, 2.75) is 46.1 Å². The van der Waals surface area contributed by atoms with Crippen LogP contribution < -0.4 is 10.1 Å². The minimum atomic E-state index is 0.287. The Morgan fingerprint density at radius 2 is 2.24 bits per heavy atom. The summed E-state index contributed by atoms with van der Waals surface area (Å²) in [5, 5.41) is 3.47. The molecule has 2 aliphatic heterocycles. The van der Waals surface area contributed by atoms with Crippen LogP contribution in [-0.2, 0) is 6.42 Å². The molecular formula is C18H28N2O. The summed E-state index contributed by atoms with van der Waals surface area (Å²) in [4.78, 5) is 2.56. The van der Waals surface area contributed by atoms with Crippen molar-refractivity contribution in [2.75, 3.05) is 31.6 Å². The molecule has 1 aromatic carbocycles. The van der Waals surface area contributed by atoms with Crippen LogP contribution in [-0.4, -0.2) is 37.2 Å². The van der Waals surface area contributed by atoms with Crippen LogP contribution in [0.3, 0.4) is 0 Å². The quantitative estimate of drug-likeness (QED) is 0.917. The predicted molar refractivity (Wildman–Crippen MR) is 88.2 cm³/mol. The van der Waals surface area contributed by atoms with Crippen LogP contribution in [0.15, 0.2) is 18.2 Å². The van der Waals surface area contributed by atoms with E-state index in [2.05, 4.69) is 49.2 Å². The minimum absolute atomic E-state index is 0.287. The number of ether oxygens (including phenoxy) is 1. The number of benzene rings is 1. The maximum absolute atomic E-state index is 6.25. The molecule has 1 aromatic rings. The summed E-state index contributed by atoms with van der Waals surface area (Å²) in [6, 6.07) is 7.04. The standard InChI is InChI=1S/C18H28N2O/c1-14(2)20-11-9-18(3,12-20)13-21-17-8-4-7-16-15(17)6-5-10-19-16/h4,7-8,14,19H,5-6,9-13H2,1-3H3. The van der Waals surface area contributed by atoms with Gasteiger partial charge in [-0.15, -0.1) is 0 Å². The molecule has 1 atom stereocenters. The van der Waals surface area contributed by atoms with Crippen molar-refractivity contribution in [1.29, 1.82) is 0 Å². The molecule has 1 N–H and O–H groups in total. The van der Waals surface area contributed by atoms with Gasteiger partial charge in [-0.1, -0.05) is 13.0 Å². The van der Waals surface area contributed by atoms with Gasteiger partial charge in [-0.3, -0.25) is 0 Å². The van der Waals surface area contributed by atoms with E-state index in [1.165, 1.54) is 30.6 Å². The lowest BCUT2D eigenvalue weighted by atomic mass is 9.91. The lowest BCUT2D eigenvalue weighted by Gasteiger charge is -2.28. The molecular weight excluding hydrogens is 260 g/mol. The largest absolute Gasteiger partial charge is 0.493 e. The summed E-state index contributed by atoms with van der Waals surface area (Å²) in [6.07, 6.45) is 3.57. The predicted octanol–water partition coefficient (Wildman–Crippen LogP) is 3.54. The van der Waals surface area contributed by atoms with Gasteiger partial charge in [0, 0.05) is 35.8 Å². The van der Waals surface area contributed by atoms with Gasteiger partial charge in [0.15, 0.2) is 0 Å². The first-order chi connectivity index (χ1) is 10.1. The average molecular weight is 288 g/mol. The molecule has 0 saturated carbocycles. The Balaban J connectivity index is 1.66. The van der Waals surface area contributed by atoms with Crippen LogP contribution in [0.4, 0.5) is 5.69 Å². The first kappa shape index (κ1) is 14.7. The van der Waals surface area contributed by atoms with Gasteiger partial charge in [-0.25, -0.2) is 0 Å². The van der Waals surface area contributed by atoms with Crippen molar-refractivity contribution in [1.82, 2.24) is 4.90 Å². The molecule has 0 radical (unpaired) electrons. The zero-order valence-corrected chi connectivity index (χ0v) is 13.6. The Bertz CT molecular complexity index is 500. The van der Waals surface area contributed by atoms with Gasteiger partial charge < -0.3 is 15.0 Å². The second-order valence-corrected chi connectivity index (χ2v) is 7.23.